The summed E-state index contributed by atoms with van der Waals surface area (Å²) in [6, 6.07) is 15.9. The van der Waals surface area contributed by atoms with Crippen LogP contribution in [-0.2, 0) is 12.0 Å². The molecule has 1 heterocycles. The fraction of sp³-hybridized carbons (Fsp3) is 0.385. The average molecular weight is 452 g/mol. The van der Waals surface area contributed by atoms with Crippen LogP contribution in [0.4, 0.5) is 0 Å². The number of aromatic nitrogens is 2. The SMILES string of the molecule is CSCC(Cc1ccc(C)cc1C)NC(=O)c1c(Oc2ccccc2)cnn1C(C)(C)C. The third-order valence-electron chi connectivity index (χ3n) is 5.22. The van der Waals surface area contributed by atoms with E-state index in [1.807, 2.05) is 51.1 Å². The predicted octanol–water partition coefficient (Wildman–Crippen LogP) is 5.75. The van der Waals surface area contributed by atoms with Crippen molar-refractivity contribution < 1.29 is 9.53 Å². The van der Waals surface area contributed by atoms with Crippen LogP contribution in [0.1, 0.15) is 48.0 Å². The molecule has 1 atom stereocenters. The highest BCUT2D eigenvalue weighted by atomic mass is 32.2. The number of rotatable bonds is 8. The van der Waals surface area contributed by atoms with Gasteiger partial charge in [0, 0.05) is 11.8 Å². The fourth-order valence-corrected chi connectivity index (χ4v) is 4.29. The van der Waals surface area contributed by atoms with Crippen molar-refractivity contribution in [3.8, 4) is 11.5 Å². The zero-order valence-corrected chi connectivity index (χ0v) is 20.6. The maximum absolute atomic E-state index is 13.5. The van der Waals surface area contributed by atoms with Gasteiger partial charge in [-0.1, -0.05) is 42.0 Å². The normalized spacial score (nSPS) is 12.4. The molecule has 32 heavy (non-hydrogen) atoms. The smallest absolute Gasteiger partial charge is 0.273 e. The monoisotopic (exact) mass is 451 g/mol. The Morgan fingerprint density at radius 3 is 2.50 bits per heavy atom. The molecule has 0 saturated heterocycles. The summed E-state index contributed by atoms with van der Waals surface area (Å²) in [5, 5.41) is 7.74. The van der Waals surface area contributed by atoms with E-state index in [2.05, 4.69) is 48.7 Å². The van der Waals surface area contributed by atoms with Gasteiger partial charge in [-0.3, -0.25) is 9.48 Å². The standard InChI is InChI=1S/C26H33N3O2S/c1-18-12-13-20(19(2)14-18)15-21(17-32-6)28-25(30)24-23(16-27-29(24)26(3,4)5)31-22-10-8-7-9-11-22/h7-14,16,21H,15,17H2,1-6H3,(H,28,30). The molecular formula is C26H33N3O2S. The highest BCUT2D eigenvalue weighted by molar-refractivity contribution is 7.98. The number of nitrogens with zero attached hydrogens (tertiary/aromatic N) is 2. The lowest BCUT2D eigenvalue weighted by Gasteiger charge is -2.24. The van der Waals surface area contributed by atoms with Crippen LogP contribution in [0.3, 0.4) is 0 Å². The molecule has 3 aromatic rings. The first-order valence-electron chi connectivity index (χ1n) is 10.9. The number of thioether (sulfide) groups is 1. The van der Waals surface area contributed by atoms with Gasteiger partial charge >= 0.3 is 0 Å². The Kier molecular flexibility index (Phi) is 7.67. The molecule has 0 aliphatic heterocycles. The summed E-state index contributed by atoms with van der Waals surface area (Å²) in [6.07, 6.45) is 4.46. The third-order valence-corrected chi connectivity index (χ3v) is 5.96. The van der Waals surface area contributed by atoms with Crippen molar-refractivity contribution >= 4 is 17.7 Å². The Hall–Kier alpha value is -2.73. The molecule has 0 radical (unpaired) electrons. The second-order valence-corrected chi connectivity index (χ2v) is 10.0. The second-order valence-electron chi connectivity index (χ2n) is 9.11. The minimum Gasteiger partial charge on any atom is -0.453 e. The number of nitrogens with one attached hydrogen (secondary N) is 1. The number of hydrogen-bond donors (Lipinski definition) is 1. The van der Waals surface area contributed by atoms with Gasteiger partial charge in [-0.2, -0.15) is 16.9 Å². The van der Waals surface area contributed by atoms with E-state index in [9.17, 15) is 4.79 Å². The lowest BCUT2D eigenvalue weighted by atomic mass is 10.00. The van der Waals surface area contributed by atoms with E-state index in [-0.39, 0.29) is 17.5 Å². The van der Waals surface area contributed by atoms with Crippen molar-refractivity contribution in [2.75, 3.05) is 12.0 Å². The lowest BCUT2D eigenvalue weighted by molar-refractivity contribution is 0.0919. The minimum absolute atomic E-state index is 0.00759. The topological polar surface area (TPSA) is 56.1 Å². The zero-order chi connectivity index (χ0) is 23.3. The van der Waals surface area contributed by atoms with Crippen molar-refractivity contribution in [2.45, 2.75) is 52.6 Å². The molecule has 1 N–H and O–H groups in total. The van der Waals surface area contributed by atoms with E-state index in [1.165, 1.54) is 16.7 Å². The Morgan fingerprint density at radius 1 is 1.16 bits per heavy atom. The molecule has 3 rings (SSSR count). The molecule has 1 aromatic heterocycles. The molecule has 1 unspecified atom stereocenters. The molecule has 0 saturated carbocycles. The van der Waals surface area contributed by atoms with Crippen molar-refractivity contribution in [1.29, 1.82) is 0 Å². The van der Waals surface area contributed by atoms with E-state index in [0.29, 0.717) is 17.2 Å². The second kappa shape index (κ2) is 10.3. The summed E-state index contributed by atoms with van der Waals surface area (Å²) in [7, 11) is 0. The number of para-hydroxylation sites is 1. The Bertz CT molecular complexity index is 1050. The van der Waals surface area contributed by atoms with E-state index in [0.717, 1.165) is 12.2 Å². The summed E-state index contributed by atoms with van der Waals surface area (Å²) < 4.78 is 7.79. The molecule has 0 spiro atoms. The van der Waals surface area contributed by atoms with Crippen molar-refractivity contribution in [3.63, 3.8) is 0 Å². The summed E-state index contributed by atoms with van der Waals surface area (Å²) in [5.41, 5.74) is 3.81. The number of amides is 1. The van der Waals surface area contributed by atoms with Gasteiger partial charge in [-0.05, 0) is 70.6 Å². The van der Waals surface area contributed by atoms with Gasteiger partial charge in [0.15, 0.2) is 11.4 Å². The van der Waals surface area contributed by atoms with Crippen LogP contribution < -0.4 is 10.1 Å². The number of benzene rings is 2. The Morgan fingerprint density at radius 2 is 1.88 bits per heavy atom. The molecule has 2 aromatic carbocycles. The lowest BCUT2D eigenvalue weighted by Crippen LogP contribution is -2.41. The largest absolute Gasteiger partial charge is 0.453 e. The van der Waals surface area contributed by atoms with Crippen molar-refractivity contribution in [2.24, 2.45) is 0 Å². The minimum atomic E-state index is -0.368. The Labute approximate surface area is 195 Å². The Balaban J connectivity index is 1.88. The molecule has 6 heteroatoms. The van der Waals surface area contributed by atoms with Gasteiger partial charge < -0.3 is 10.1 Å². The van der Waals surface area contributed by atoms with Crippen LogP contribution in [0.25, 0.3) is 0 Å². The maximum atomic E-state index is 13.5. The molecule has 0 aliphatic rings. The maximum Gasteiger partial charge on any atom is 0.273 e. The van der Waals surface area contributed by atoms with E-state index < -0.39 is 0 Å². The molecule has 5 nitrogen and oxygen atoms in total. The predicted molar refractivity (Wildman–Crippen MR) is 133 cm³/mol. The molecule has 0 aliphatic carbocycles. The zero-order valence-electron chi connectivity index (χ0n) is 19.8. The number of carbonyl (C=O) groups is 1. The number of hydrogen-bond acceptors (Lipinski definition) is 4. The van der Waals surface area contributed by atoms with Crippen LogP contribution in [0.15, 0.2) is 54.7 Å². The molecular weight excluding hydrogens is 418 g/mol. The van der Waals surface area contributed by atoms with E-state index in [1.54, 1.807) is 22.6 Å². The number of aryl methyl sites for hydroxylation is 2. The van der Waals surface area contributed by atoms with Crippen LogP contribution >= 0.6 is 11.8 Å². The van der Waals surface area contributed by atoms with Gasteiger partial charge in [0.2, 0.25) is 0 Å². The quantitative estimate of drug-likeness (QED) is 0.474. The molecule has 170 valence electrons. The highest BCUT2D eigenvalue weighted by Crippen LogP contribution is 2.29. The summed E-state index contributed by atoms with van der Waals surface area (Å²) in [6.45, 7) is 10.3. The van der Waals surface area contributed by atoms with Crippen LogP contribution in [0.2, 0.25) is 0 Å². The fourth-order valence-electron chi connectivity index (χ4n) is 3.69. The van der Waals surface area contributed by atoms with Crippen LogP contribution in [-0.4, -0.2) is 33.7 Å². The number of carbonyl (C=O) groups excluding carboxylic acids is 1. The third kappa shape index (κ3) is 5.94. The van der Waals surface area contributed by atoms with Gasteiger partial charge in [0.25, 0.3) is 5.91 Å². The summed E-state index contributed by atoms with van der Waals surface area (Å²) >= 11 is 1.73. The van der Waals surface area contributed by atoms with Gasteiger partial charge in [0.05, 0.1) is 11.7 Å². The van der Waals surface area contributed by atoms with Crippen molar-refractivity contribution in [1.82, 2.24) is 15.1 Å². The highest BCUT2D eigenvalue weighted by Gasteiger charge is 2.28. The first-order chi connectivity index (χ1) is 15.2. The van der Waals surface area contributed by atoms with Gasteiger partial charge in [-0.25, -0.2) is 0 Å². The summed E-state index contributed by atoms with van der Waals surface area (Å²) in [5.74, 6) is 1.77. The number of ether oxygens (including phenoxy) is 1. The first kappa shape index (κ1) is 23.9. The van der Waals surface area contributed by atoms with Gasteiger partial charge in [0.1, 0.15) is 5.75 Å². The van der Waals surface area contributed by atoms with E-state index >= 15 is 0 Å². The van der Waals surface area contributed by atoms with Crippen molar-refractivity contribution in [3.05, 3.63) is 77.1 Å². The molecule has 0 fully saturated rings. The van der Waals surface area contributed by atoms with Crippen LogP contribution in [0, 0.1) is 13.8 Å². The van der Waals surface area contributed by atoms with Crippen LogP contribution in [0.5, 0.6) is 11.5 Å². The molecule has 1 amide bonds. The van der Waals surface area contributed by atoms with Gasteiger partial charge in [-0.15, -0.1) is 0 Å². The van der Waals surface area contributed by atoms with E-state index in [4.69, 9.17) is 4.74 Å². The average Bonchev–Trinajstić information content (AvgIpc) is 3.15. The summed E-state index contributed by atoms with van der Waals surface area (Å²) in [4.78, 5) is 13.5. The first-order valence-corrected chi connectivity index (χ1v) is 12.3. The molecule has 0 bridgehead atoms.